The van der Waals surface area contributed by atoms with Crippen molar-refractivity contribution in [1.82, 2.24) is 15.1 Å². The number of hydrogen-bond acceptors (Lipinski definition) is 6. The monoisotopic (exact) mass is 400 g/mol. The number of hydrogen-bond donors (Lipinski definition) is 1. The van der Waals surface area contributed by atoms with Gasteiger partial charge in [-0.15, -0.1) is 0 Å². The van der Waals surface area contributed by atoms with E-state index in [0.29, 0.717) is 23.0 Å². The van der Waals surface area contributed by atoms with Crippen molar-refractivity contribution in [2.24, 2.45) is 0 Å². The number of aryl methyl sites for hydroxylation is 1. The average Bonchev–Trinajstić information content (AvgIpc) is 3.25. The van der Waals surface area contributed by atoms with Crippen molar-refractivity contribution in [3.63, 3.8) is 0 Å². The minimum atomic E-state index is -0.221. The average molecular weight is 400 g/mol. The molecule has 2 aromatic heterocycles. The molecule has 2 heterocycles. The Morgan fingerprint density at radius 1 is 1.07 bits per heavy atom. The first kappa shape index (κ1) is 19.3. The number of amides is 1. The van der Waals surface area contributed by atoms with Gasteiger partial charge in [-0.1, -0.05) is 17.3 Å². The Morgan fingerprint density at radius 3 is 2.67 bits per heavy atom. The van der Waals surface area contributed by atoms with Gasteiger partial charge in [0.25, 0.3) is 11.8 Å². The van der Waals surface area contributed by atoms with Crippen molar-refractivity contribution in [3.8, 4) is 17.1 Å². The molecule has 0 radical (unpaired) electrons. The standard InChI is InChI=1S/C23H20N4O3/c1-15-5-3-7-20(16(15)2)29-14-21-26-22(27-30-21)17-8-10-19(11-9-17)25-23(28)18-6-4-12-24-13-18/h3-13H,14H2,1-2H3,(H,25,28). The number of ether oxygens (including phenoxy) is 1. The molecule has 0 bridgehead atoms. The number of pyridine rings is 1. The maximum absolute atomic E-state index is 12.2. The van der Waals surface area contributed by atoms with Gasteiger partial charge in [0.2, 0.25) is 5.82 Å². The highest BCUT2D eigenvalue weighted by atomic mass is 16.5. The Balaban J connectivity index is 1.40. The lowest BCUT2D eigenvalue weighted by molar-refractivity contribution is 0.102. The van der Waals surface area contributed by atoms with Crippen molar-refractivity contribution in [1.29, 1.82) is 0 Å². The summed E-state index contributed by atoms with van der Waals surface area (Å²) in [6.07, 6.45) is 3.14. The van der Waals surface area contributed by atoms with Gasteiger partial charge in [0.15, 0.2) is 6.61 Å². The van der Waals surface area contributed by atoms with E-state index in [1.807, 2.05) is 44.2 Å². The largest absolute Gasteiger partial charge is 0.483 e. The molecular formula is C23H20N4O3. The highest BCUT2D eigenvalue weighted by Gasteiger charge is 2.11. The lowest BCUT2D eigenvalue weighted by Gasteiger charge is -2.08. The summed E-state index contributed by atoms with van der Waals surface area (Å²) in [5.41, 5.74) is 4.18. The summed E-state index contributed by atoms with van der Waals surface area (Å²) in [5.74, 6) is 1.42. The van der Waals surface area contributed by atoms with E-state index >= 15 is 0 Å². The van der Waals surface area contributed by atoms with Crippen LogP contribution in [0.2, 0.25) is 0 Å². The first-order chi connectivity index (χ1) is 14.6. The molecule has 0 aliphatic heterocycles. The van der Waals surface area contributed by atoms with Gasteiger partial charge in [-0.3, -0.25) is 9.78 Å². The first-order valence-corrected chi connectivity index (χ1v) is 9.43. The maximum Gasteiger partial charge on any atom is 0.264 e. The molecule has 1 N–H and O–H groups in total. The van der Waals surface area contributed by atoms with Crippen LogP contribution in [0.25, 0.3) is 11.4 Å². The van der Waals surface area contributed by atoms with Gasteiger partial charge in [0.05, 0.1) is 5.56 Å². The zero-order chi connectivity index (χ0) is 20.9. The number of nitrogens with one attached hydrogen (secondary N) is 1. The summed E-state index contributed by atoms with van der Waals surface area (Å²) >= 11 is 0. The van der Waals surface area contributed by atoms with Crippen LogP contribution in [0.5, 0.6) is 5.75 Å². The van der Waals surface area contributed by atoms with E-state index in [2.05, 4.69) is 20.4 Å². The SMILES string of the molecule is Cc1cccc(OCc2nc(-c3ccc(NC(=O)c4cccnc4)cc3)no2)c1C. The Hall–Kier alpha value is -4.00. The Labute approximate surface area is 173 Å². The molecule has 0 unspecified atom stereocenters. The lowest BCUT2D eigenvalue weighted by atomic mass is 10.1. The van der Waals surface area contributed by atoms with E-state index in [9.17, 15) is 4.79 Å². The molecule has 0 fully saturated rings. The third-order valence-electron chi connectivity index (χ3n) is 4.70. The van der Waals surface area contributed by atoms with E-state index in [1.165, 1.54) is 6.20 Å². The number of aromatic nitrogens is 3. The van der Waals surface area contributed by atoms with Crippen LogP contribution in [0.15, 0.2) is 71.5 Å². The maximum atomic E-state index is 12.2. The minimum absolute atomic E-state index is 0.191. The van der Waals surface area contributed by atoms with Gasteiger partial charge in [0.1, 0.15) is 5.75 Å². The molecule has 0 aliphatic carbocycles. The Morgan fingerprint density at radius 2 is 1.90 bits per heavy atom. The fourth-order valence-electron chi connectivity index (χ4n) is 2.85. The topological polar surface area (TPSA) is 90.1 Å². The van der Waals surface area contributed by atoms with Crippen molar-refractivity contribution < 1.29 is 14.1 Å². The molecule has 30 heavy (non-hydrogen) atoms. The number of carbonyl (C=O) groups is 1. The Bertz CT molecular complexity index is 1150. The van der Waals surface area contributed by atoms with E-state index in [-0.39, 0.29) is 12.5 Å². The number of carbonyl (C=O) groups excluding carboxylic acids is 1. The molecule has 0 atom stereocenters. The zero-order valence-electron chi connectivity index (χ0n) is 16.6. The van der Waals surface area contributed by atoms with Crippen LogP contribution in [-0.2, 0) is 6.61 Å². The molecule has 1 amide bonds. The van der Waals surface area contributed by atoms with Crippen LogP contribution >= 0.6 is 0 Å². The molecule has 0 spiro atoms. The first-order valence-electron chi connectivity index (χ1n) is 9.43. The predicted octanol–water partition coefficient (Wildman–Crippen LogP) is 4.58. The molecule has 7 heteroatoms. The Kier molecular flexibility index (Phi) is 5.52. The second-order valence-electron chi connectivity index (χ2n) is 6.77. The normalized spacial score (nSPS) is 10.6. The van der Waals surface area contributed by atoms with Gasteiger partial charge in [0, 0.05) is 23.6 Å². The van der Waals surface area contributed by atoms with Gasteiger partial charge in [-0.25, -0.2) is 0 Å². The van der Waals surface area contributed by atoms with Crippen LogP contribution in [0.4, 0.5) is 5.69 Å². The molecular weight excluding hydrogens is 380 g/mol. The number of benzene rings is 2. The predicted molar refractivity (Wildman–Crippen MR) is 112 cm³/mol. The van der Waals surface area contributed by atoms with Gasteiger partial charge in [-0.2, -0.15) is 4.98 Å². The van der Waals surface area contributed by atoms with Gasteiger partial charge >= 0.3 is 0 Å². The molecule has 4 rings (SSSR count). The highest BCUT2D eigenvalue weighted by Crippen LogP contribution is 2.23. The van der Waals surface area contributed by atoms with Crippen LogP contribution in [0.3, 0.4) is 0 Å². The van der Waals surface area contributed by atoms with Crippen molar-refractivity contribution in [3.05, 3.63) is 89.6 Å². The molecule has 2 aromatic carbocycles. The quantitative estimate of drug-likeness (QED) is 0.509. The van der Waals surface area contributed by atoms with Gasteiger partial charge < -0.3 is 14.6 Å². The van der Waals surface area contributed by atoms with E-state index in [0.717, 1.165) is 22.4 Å². The van der Waals surface area contributed by atoms with Crippen LogP contribution in [0.1, 0.15) is 27.4 Å². The summed E-state index contributed by atoms with van der Waals surface area (Å²) in [6.45, 7) is 4.24. The van der Waals surface area contributed by atoms with E-state index in [4.69, 9.17) is 9.26 Å². The third kappa shape index (κ3) is 4.35. The van der Waals surface area contributed by atoms with Crippen molar-refractivity contribution >= 4 is 11.6 Å². The number of nitrogens with zero attached hydrogens (tertiary/aromatic N) is 3. The fraction of sp³-hybridized carbons (Fsp3) is 0.130. The summed E-state index contributed by atoms with van der Waals surface area (Å²) in [7, 11) is 0. The summed E-state index contributed by atoms with van der Waals surface area (Å²) in [5, 5.41) is 6.84. The molecule has 4 aromatic rings. The fourth-order valence-corrected chi connectivity index (χ4v) is 2.85. The second kappa shape index (κ2) is 8.57. The molecule has 7 nitrogen and oxygen atoms in total. The van der Waals surface area contributed by atoms with Crippen LogP contribution in [0, 0.1) is 13.8 Å². The molecule has 0 saturated carbocycles. The van der Waals surface area contributed by atoms with Crippen LogP contribution < -0.4 is 10.1 Å². The van der Waals surface area contributed by atoms with E-state index in [1.54, 1.807) is 30.5 Å². The zero-order valence-corrected chi connectivity index (χ0v) is 16.6. The highest BCUT2D eigenvalue weighted by molar-refractivity contribution is 6.04. The van der Waals surface area contributed by atoms with Crippen molar-refractivity contribution in [2.75, 3.05) is 5.32 Å². The minimum Gasteiger partial charge on any atom is -0.483 e. The van der Waals surface area contributed by atoms with Crippen molar-refractivity contribution in [2.45, 2.75) is 20.5 Å². The summed E-state index contributed by atoms with van der Waals surface area (Å²) < 4.78 is 11.1. The number of anilines is 1. The second-order valence-corrected chi connectivity index (χ2v) is 6.77. The molecule has 150 valence electrons. The van der Waals surface area contributed by atoms with Gasteiger partial charge in [-0.05, 0) is 67.4 Å². The number of rotatable bonds is 6. The smallest absolute Gasteiger partial charge is 0.264 e. The summed E-state index contributed by atoms with van der Waals surface area (Å²) in [4.78, 5) is 20.5. The van der Waals surface area contributed by atoms with E-state index < -0.39 is 0 Å². The molecule has 0 aliphatic rings. The lowest BCUT2D eigenvalue weighted by Crippen LogP contribution is -2.11. The molecule has 0 saturated heterocycles. The summed E-state index contributed by atoms with van der Waals surface area (Å²) in [6, 6.07) is 16.5. The van der Waals surface area contributed by atoms with Crippen LogP contribution in [-0.4, -0.2) is 21.0 Å². The third-order valence-corrected chi connectivity index (χ3v) is 4.70.